The molecule has 1 aliphatic carbocycles. The highest BCUT2D eigenvalue weighted by Crippen LogP contribution is 2.37. The molecule has 0 spiro atoms. The van der Waals surface area contributed by atoms with E-state index in [1.165, 1.54) is 18.4 Å². The van der Waals surface area contributed by atoms with Crippen LogP contribution in [0.1, 0.15) is 37.9 Å². The molecular formula is C16H19N3O. The minimum absolute atomic E-state index is 0.260. The number of aryl methyl sites for hydroxylation is 1. The van der Waals surface area contributed by atoms with Gasteiger partial charge in [0.05, 0.1) is 11.0 Å². The van der Waals surface area contributed by atoms with Crippen LogP contribution in [0.4, 0.5) is 0 Å². The topological polar surface area (TPSA) is 38.1 Å². The van der Waals surface area contributed by atoms with E-state index in [2.05, 4.69) is 34.6 Å². The maximum Gasteiger partial charge on any atom is 0.223 e. The van der Waals surface area contributed by atoms with Crippen molar-refractivity contribution in [2.24, 2.45) is 0 Å². The van der Waals surface area contributed by atoms with E-state index in [-0.39, 0.29) is 5.92 Å². The van der Waals surface area contributed by atoms with Crippen molar-refractivity contribution in [2.45, 2.75) is 44.7 Å². The second kappa shape index (κ2) is 4.33. The molecule has 1 amide bonds. The minimum Gasteiger partial charge on any atom is -0.339 e. The molecule has 1 saturated heterocycles. The van der Waals surface area contributed by atoms with E-state index in [0.29, 0.717) is 18.4 Å². The monoisotopic (exact) mass is 269 g/mol. The van der Waals surface area contributed by atoms with Crippen molar-refractivity contribution in [1.29, 1.82) is 0 Å². The summed E-state index contributed by atoms with van der Waals surface area (Å²) in [4.78, 5) is 19.0. The summed E-state index contributed by atoms with van der Waals surface area (Å²) in [6, 6.07) is 8.77. The van der Waals surface area contributed by atoms with E-state index in [4.69, 9.17) is 4.98 Å². The van der Waals surface area contributed by atoms with Crippen LogP contribution >= 0.6 is 0 Å². The first kappa shape index (κ1) is 11.9. The van der Waals surface area contributed by atoms with Gasteiger partial charge in [-0.25, -0.2) is 4.98 Å². The van der Waals surface area contributed by atoms with Gasteiger partial charge in [-0.1, -0.05) is 12.1 Å². The molecule has 2 aromatic rings. The zero-order valence-corrected chi connectivity index (χ0v) is 11.7. The fourth-order valence-corrected chi connectivity index (χ4v) is 3.38. The lowest BCUT2D eigenvalue weighted by molar-refractivity contribution is -0.128. The third-order valence-electron chi connectivity index (χ3n) is 4.51. The van der Waals surface area contributed by atoms with Gasteiger partial charge < -0.3 is 9.47 Å². The number of hydrogen-bond acceptors (Lipinski definition) is 2. The Morgan fingerprint density at radius 1 is 1.30 bits per heavy atom. The van der Waals surface area contributed by atoms with Gasteiger partial charge in [-0.15, -0.1) is 0 Å². The number of benzene rings is 1. The summed E-state index contributed by atoms with van der Waals surface area (Å²) in [6.45, 7) is 3.91. The van der Waals surface area contributed by atoms with Crippen molar-refractivity contribution in [2.75, 3.05) is 6.54 Å². The van der Waals surface area contributed by atoms with E-state index in [1.807, 2.05) is 6.07 Å². The van der Waals surface area contributed by atoms with Crippen molar-refractivity contribution >= 4 is 16.9 Å². The van der Waals surface area contributed by atoms with Gasteiger partial charge in [0, 0.05) is 31.5 Å². The number of para-hydroxylation sites is 2. The second-order valence-electron chi connectivity index (χ2n) is 5.88. The molecule has 1 atom stereocenters. The van der Waals surface area contributed by atoms with Crippen LogP contribution in [0.3, 0.4) is 0 Å². The number of hydrogen-bond donors (Lipinski definition) is 0. The maximum absolute atomic E-state index is 12.1. The number of amides is 1. The Morgan fingerprint density at radius 3 is 2.85 bits per heavy atom. The molecule has 1 saturated carbocycles. The zero-order valence-electron chi connectivity index (χ0n) is 11.7. The number of imidazole rings is 1. The van der Waals surface area contributed by atoms with Gasteiger partial charge in [-0.05, 0) is 31.9 Å². The Kier molecular flexibility index (Phi) is 2.59. The summed E-state index contributed by atoms with van der Waals surface area (Å²) >= 11 is 0. The standard InChI is InChI=1S/C16H19N3O/c1-2-18-14-6-4-3-5-13(14)17-16(18)11-9-15(20)19(10-11)12-7-8-12/h3-6,11-12H,2,7-10H2,1H3. The fraction of sp³-hybridized carbons (Fsp3) is 0.500. The molecule has 1 unspecified atom stereocenters. The van der Waals surface area contributed by atoms with Crippen molar-refractivity contribution in [3.63, 3.8) is 0 Å². The van der Waals surface area contributed by atoms with E-state index in [0.717, 1.165) is 24.4 Å². The number of carbonyl (C=O) groups excluding carboxylic acids is 1. The number of fused-ring (bicyclic) bond motifs is 1. The lowest BCUT2D eigenvalue weighted by atomic mass is 10.1. The number of nitrogens with zero attached hydrogens (tertiary/aromatic N) is 3. The lowest BCUT2D eigenvalue weighted by Crippen LogP contribution is -2.27. The molecule has 0 N–H and O–H groups in total. The predicted molar refractivity (Wildman–Crippen MR) is 77.5 cm³/mol. The number of aromatic nitrogens is 2. The summed E-state index contributed by atoms with van der Waals surface area (Å²) < 4.78 is 2.27. The first-order valence-electron chi connectivity index (χ1n) is 7.52. The Bertz CT molecular complexity index is 671. The van der Waals surface area contributed by atoms with Gasteiger partial charge in [0.1, 0.15) is 5.82 Å². The first-order chi connectivity index (χ1) is 9.78. The van der Waals surface area contributed by atoms with E-state index >= 15 is 0 Å². The summed E-state index contributed by atoms with van der Waals surface area (Å²) in [7, 11) is 0. The molecule has 4 rings (SSSR count). The summed E-state index contributed by atoms with van der Waals surface area (Å²) in [5, 5.41) is 0. The second-order valence-corrected chi connectivity index (χ2v) is 5.88. The van der Waals surface area contributed by atoms with E-state index in [9.17, 15) is 4.79 Å². The van der Waals surface area contributed by atoms with Crippen LogP contribution < -0.4 is 0 Å². The Labute approximate surface area is 118 Å². The SMILES string of the molecule is CCn1c(C2CC(=O)N(C3CC3)C2)nc2ccccc21. The van der Waals surface area contributed by atoms with Gasteiger partial charge in [0.25, 0.3) is 0 Å². The van der Waals surface area contributed by atoms with Crippen molar-refractivity contribution in [1.82, 2.24) is 14.5 Å². The van der Waals surface area contributed by atoms with Gasteiger partial charge in [-0.3, -0.25) is 4.79 Å². The van der Waals surface area contributed by atoms with Crippen LogP contribution in [0.2, 0.25) is 0 Å². The zero-order chi connectivity index (χ0) is 13.7. The molecule has 4 heteroatoms. The molecule has 1 aliphatic heterocycles. The van der Waals surface area contributed by atoms with Crippen LogP contribution in [-0.4, -0.2) is 32.9 Å². The Morgan fingerprint density at radius 2 is 2.10 bits per heavy atom. The van der Waals surface area contributed by atoms with Crippen LogP contribution in [0.5, 0.6) is 0 Å². The summed E-state index contributed by atoms with van der Waals surface area (Å²) in [5.41, 5.74) is 2.23. The molecule has 20 heavy (non-hydrogen) atoms. The van der Waals surface area contributed by atoms with E-state index in [1.54, 1.807) is 0 Å². The highest BCUT2D eigenvalue weighted by Gasteiger charge is 2.41. The molecule has 0 bridgehead atoms. The molecule has 1 aromatic heterocycles. The average Bonchev–Trinajstić information content (AvgIpc) is 3.12. The fourth-order valence-electron chi connectivity index (χ4n) is 3.38. The highest BCUT2D eigenvalue weighted by atomic mass is 16.2. The smallest absolute Gasteiger partial charge is 0.223 e. The number of carbonyl (C=O) groups is 1. The minimum atomic E-state index is 0.260. The van der Waals surface area contributed by atoms with Gasteiger partial charge in [0.2, 0.25) is 5.91 Å². The van der Waals surface area contributed by atoms with Gasteiger partial charge in [0.15, 0.2) is 0 Å². The third kappa shape index (κ3) is 1.74. The maximum atomic E-state index is 12.1. The van der Waals surface area contributed by atoms with Crippen molar-refractivity contribution in [3.8, 4) is 0 Å². The van der Waals surface area contributed by atoms with Gasteiger partial charge >= 0.3 is 0 Å². The molecular weight excluding hydrogens is 250 g/mol. The lowest BCUT2D eigenvalue weighted by Gasteiger charge is -2.15. The number of rotatable bonds is 3. The number of likely N-dealkylation sites (tertiary alicyclic amines) is 1. The van der Waals surface area contributed by atoms with Gasteiger partial charge in [-0.2, -0.15) is 0 Å². The average molecular weight is 269 g/mol. The molecule has 0 radical (unpaired) electrons. The highest BCUT2D eigenvalue weighted by molar-refractivity contribution is 5.81. The molecule has 2 heterocycles. The van der Waals surface area contributed by atoms with Crippen LogP contribution in [0, 0.1) is 0 Å². The molecule has 104 valence electrons. The Balaban J connectivity index is 1.73. The van der Waals surface area contributed by atoms with Crippen LogP contribution in [0.15, 0.2) is 24.3 Å². The summed E-state index contributed by atoms with van der Waals surface area (Å²) in [5.74, 6) is 1.66. The first-order valence-corrected chi connectivity index (χ1v) is 7.52. The van der Waals surface area contributed by atoms with E-state index < -0.39 is 0 Å². The molecule has 2 fully saturated rings. The summed E-state index contributed by atoms with van der Waals surface area (Å²) in [6.07, 6.45) is 2.99. The Hall–Kier alpha value is -1.84. The quantitative estimate of drug-likeness (QED) is 0.858. The van der Waals surface area contributed by atoms with Crippen molar-refractivity contribution in [3.05, 3.63) is 30.1 Å². The third-order valence-corrected chi connectivity index (χ3v) is 4.51. The van der Waals surface area contributed by atoms with Crippen molar-refractivity contribution < 1.29 is 4.79 Å². The molecule has 2 aliphatic rings. The predicted octanol–water partition coefficient (Wildman–Crippen LogP) is 2.53. The molecule has 4 nitrogen and oxygen atoms in total. The van der Waals surface area contributed by atoms with Crippen LogP contribution in [-0.2, 0) is 11.3 Å². The normalized spacial score (nSPS) is 22.9. The molecule has 1 aromatic carbocycles. The largest absolute Gasteiger partial charge is 0.339 e. The van der Waals surface area contributed by atoms with Crippen LogP contribution in [0.25, 0.3) is 11.0 Å².